The molecule has 0 amide bonds. The van der Waals surface area contributed by atoms with Crippen molar-refractivity contribution in [2.75, 3.05) is 24.6 Å². The van der Waals surface area contributed by atoms with E-state index in [9.17, 15) is 4.79 Å². The molecule has 168 valence electrons. The van der Waals surface area contributed by atoms with Crippen molar-refractivity contribution in [1.29, 1.82) is 10.5 Å². The van der Waals surface area contributed by atoms with Crippen LogP contribution in [0, 0.1) is 29.2 Å². The zero-order valence-electron chi connectivity index (χ0n) is 19.3. The average molecular weight is 443 g/mol. The number of benzene rings is 1. The highest BCUT2D eigenvalue weighted by Crippen LogP contribution is 2.41. The van der Waals surface area contributed by atoms with Crippen molar-refractivity contribution in [3.63, 3.8) is 0 Å². The van der Waals surface area contributed by atoms with Gasteiger partial charge in [-0.1, -0.05) is 36.4 Å². The summed E-state index contributed by atoms with van der Waals surface area (Å²) in [5.41, 5.74) is 1.80. The van der Waals surface area contributed by atoms with E-state index in [1.54, 1.807) is 38.1 Å². The van der Waals surface area contributed by atoms with Gasteiger partial charge >= 0.3 is 5.97 Å². The SMILES string of the molecule is [C-]#[N+]C1=C(/C=C/C=C/c2ccc(N(CC)CCOC(C)=O)cc2)C(C)(C)OC1=C(C#N)C#N. The van der Waals surface area contributed by atoms with Crippen LogP contribution in [-0.2, 0) is 14.3 Å². The summed E-state index contributed by atoms with van der Waals surface area (Å²) in [5.74, 6) is -0.248. The lowest BCUT2D eigenvalue weighted by Crippen LogP contribution is -2.27. The second-order valence-electron chi connectivity index (χ2n) is 7.64. The molecular formula is C26H26N4O3. The van der Waals surface area contributed by atoms with Crippen molar-refractivity contribution in [1.82, 2.24) is 0 Å². The number of rotatable bonds is 8. The molecule has 2 rings (SSSR count). The highest BCUT2D eigenvalue weighted by atomic mass is 16.5. The second-order valence-corrected chi connectivity index (χ2v) is 7.64. The van der Waals surface area contributed by atoms with Gasteiger partial charge in [0.2, 0.25) is 5.70 Å². The van der Waals surface area contributed by atoms with Gasteiger partial charge in [0.15, 0.2) is 11.3 Å². The van der Waals surface area contributed by atoms with Crippen molar-refractivity contribution in [2.45, 2.75) is 33.3 Å². The molecule has 0 bridgehead atoms. The molecule has 0 aliphatic carbocycles. The number of hydrogen-bond donors (Lipinski definition) is 0. The molecule has 0 aromatic heterocycles. The van der Waals surface area contributed by atoms with E-state index < -0.39 is 5.60 Å². The fraction of sp³-hybridized carbons (Fsp3) is 0.308. The maximum atomic E-state index is 10.9. The van der Waals surface area contributed by atoms with Gasteiger partial charge < -0.3 is 14.4 Å². The Morgan fingerprint density at radius 2 is 1.85 bits per heavy atom. The van der Waals surface area contributed by atoms with Crippen LogP contribution in [0.4, 0.5) is 5.69 Å². The number of hydrogen-bond acceptors (Lipinski definition) is 6. The minimum atomic E-state index is -0.824. The summed E-state index contributed by atoms with van der Waals surface area (Å²) in [6.07, 6.45) is 7.36. The topological polar surface area (TPSA) is 90.7 Å². The van der Waals surface area contributed by atoms with E-state index in [-0.39, 0.29) is 23.0 Å². The number of allylic oxidation sites excluding steroid dienone is 3. The zero-order chi connectivity index (χ0) is 24.4. The molecule has 0 N–H and O–H groups in total. The molecule has 7 heteroatoms. The van der Waals surface area contributed by atoms with E-state index in [2.05, 4.69) is 9.74 Å². The van der Waals surface area contributed by atoms with Crippen LogP contribution in [0.5, 0.6) is 0 Å². The molecule has 7 nitrogen and oxygen atoms in total. The molecule has 0 spiro atoms. The average Bonchev–Trinajstić information content (AvgIpc) is 3.05. The summed E-state index contributed by atoms with van der Waals surface area (Å²) >= 11 is 0. The minimum Gasteiger partial charge on any atom is -0.493 e. The van der Waals surface area contributed by atoms with E-state index >= 15 is 0 Å². The minimum absolute atomic E-state index is 0.0356. The quantitative estimate of drug-likeness (QED) is 0.245. The first-order valence-electron chi connectivity index (χ1n) is 10.5. The van der Waals surface area contributed by atoms with Gasteiger partial charge in [0.25, 0.3) is 0 Å². The molecule has 0 unspecified atom stereocenters. The third kappa shape index (κ3) is 6.35. The Morgan fingerprint density at radius 1 is 1.21 bits per heavy atom. The van der Waals surface area contributed by atoms with Crippen LogP contribution in [-0.4, -0.2) is 31.3 Å². The van der Waals surface area contributed by atoms with Crippen LogP contribution in [0.3, 0.4) is 0 Å². The maximum absolute atomic E-state index is 10.9. The van der Waals surface area contributed by atoms with Crippen LogP contribution >= 0.6 is 0 Å². The summed E-state index contributed by atoms with van der Waals surface area (Å²) in [6.45, 7) is 16.3. The maximum Gasteiger partial charge on any atom is 0.302 e. The molecule has 0 saturated carbocycles. The van der Waals surface area contributed by atoms with Gasteiger partial charge in [-0.05, 0) is 38.5 Å². The van der Waals surface area contributed by atoms with Crippen LogP contribution in [0.15, 0.2) is 65.1 Å². The molecule has 1 aromatic carbocycles. The van der Waals surface area contributed by atoms with E-state index in [4.69, 9.17) is 26.6 Å². The van der Waals surface area contributed by atoms with Gasteiger partial charge in [-0.15, -0.1) is 0 Å². The lowest BCUT2D eigenvalue weighted by atomic mass is 9.97. The number of esters is 1. The lowest BCUT2D eigenvalue weighted by Gasteiger charge is -2.22. The molecule has 0 atom stereocenters. The summed E-state index contributed by atoms with van der Waals surface area (Å²) < 4.78 is 10.8. The van der Waals surface area contributed by atoms with Gasteiger partial charge in [-0.2, -0.15) is 10.5 Å². The van der Waals surface area contributed by atoms with Gasteiger partial charge in [0, 0.05) is 24.7 Å². The summed E-state index contributed by atoms with van der Waals surface area (Å²) in [5, 5.41) is 18.3. The molecular weight excluding hydrogens is 416 g/mol. The molecule has 1 aliphatic rings. The number of anilines is 1. The fourth-order valence-electron chi connectivity index (χ4n) is 3.34. The number of nitriles is 2. The number of likely N-dealkylation sites (N-methyl/N-ethyl adjacent to an activating group) is 1. The van der Waals surface area contributed by atoms with Crippen LogP contribution in [0.1, 0.15) is 33.3 Å². The van der Waals surface area contributed by atoms with Crippen LogP contribution in [0.25, 0.3) is 10.9 Å². The van der Waals surface area contributed by atoms with E-state index in [0.29, 0.717) is 18.7 Å². The molecule has 0 saturated heterocycles. The molecule has 1 heterocycles. The Balaban J connectivity index is 2.15. The fourth-order valence-corrected chi connectivity index (χ4v) is 3.34. The number of nitrogens with zero attached hydrogens (tertiary/aromatic N) is 4. The Morgan fingerprint density at radius 3 is 2.39 bits per heavy atom. The predicted octanol–water partition coefficient (Wildman–Crippen LogP) is 4.93. The summed E-state index contributed by atoms with van der Waals surface area (Å²) in [4.78, 5) is 16.6. The smallest absolute Gasteiger partial charge is 0.302 e. The monoisotopic (exact) mass is 442 g/mol. The van der Waals surface area contributed by atoms with Crippen molar-refractivity contribution >= 4 is 17.7 Å². The molecule has 0 fully saturated rings. The van der Waals surface area contributed by atoms with Crippen LogP contribution in [0.2, 0.25) is 0 Å². The summed E-state index contributed by atoms with van der Waals surface area (Å²) in [6, 6.07) is 11.6. The second kappa shape index (κ2) is 11.4. The highest BCUT2D eigenvalue weighted by Gasteiger charge is 2.38. The highest BCUT2D eigenvalue weighted by molar-refractivity contribution is 5.66. The Hall–Kier alpha value is -4.28. The normalized spacial score (nSPS) is 14.5. The number of carbonyl (C=O) groups is 1. The van der Waals surface area contributed by atoms with E-state index in [1.165, 1.54) is 6.92 Å². The van der Waals surface area contributed by atoms with Crippen LogP contribution < -0.4 is 4.90 Å². The van der Waals surface area contributed by atoms with Crippen molar-refractivity contribution in [3.05, 3.63) is 82.1 Å². The first-order chi connectivity index (χ1) is 15.8. The first-order valence-corrected chi connectivity index (χ1v) is 10.5. The van der Waals surface area contributed by atoms with Gasteiger partial charge in [-0.25, -0.2) is 4.85 Å². The van der Waals surface area contributed by atoms with Crippen molar-refractivity contribution in [3.8, 4) is 12.1 Å². The third-order valence-corrected chi connectivity index (χ3v) is 5.01. The summed E-state index contributed by atoms with van der Waals surface area (Å²) in [7, 11) is 0. The lowest BCUT2D eigenvalue weighted by molar-refractivity contribution is -0.140. The molecule has 0 radical (unpaired) electrons. The largest absolute Gasteiger partial charge is 0.493 e. The standard InChI is InChI=1S/C26H26N4O3/c1-6-30(15-16-32-19(2)31)22-13-11-20(12-14-22)9-7-8-10-23-24(29-5)25(21(17-27)18-28)33-26(23,3)4/h7-14H,6,15-16H2,1-4H3/b9-7+,10-8+. The Kier molecular flexibility index (Phi) is 8.61. The predicted molar refractivity (Wildman–Crippen MR) is 126 cm³/mol. The first kappa shape index (κ1) is 25.0. The Bertz CT molecular complexity index is 1120. The Labute approximate surface area is 195 Å². The number of ether oxygens (including phenoxy) is 2. The zero-order valence-corrected chi connectivity index (χ0v) is 19.3. The molecule has 1 aromatic rings. The third-order valence-electron chi connectivity index (χ3n) is 5.01. The van der Waals surface area contributed by atoms with Gasteiger partial charge in [0.05, 0.1) is 13.1 Å². The van der Waals surface area contributed by atoms with Gasteiger partial charge in [0.1, 0.15) is 24.3 Å². The molecule has 33 heavy (non-hydrogen) atoms. The molecule has 1 aliphatic heterocycles. The van der Waals surface area contributed by atoms with Crippen molar-refractivity contribution in [2.24, 2.45) is 0 Å². The van der Waals surface area contributed by atoms with Crippen molar-refractivity contribution < 1.29 is 14.3 Å². The number of carbonyl (C=O) groups excluding carboxylic acids is 1. The van der Waals surface area contributed by atoms with Gasteiger partial charge in [-0.3, -0.25) is 4.79 Å². The van der Waals surface area contributed by atoms with E-state index in [0.717, 1.165) is 17.8 Å². The van der Waals surface area contributed by atoms with E-state index in [1.807, 2.05) is 43.3 Å².